The van der Waals surface area contributed by atoms with Crippen LogP contribution in [0.5, 0.6) is 0 Å². The molecule has 0 unspecified atom stereocenters. The summed E-state index contributed by atoms with van der Waals surface area (Å²) in [5.41, 5.74) is 2.65. The van der Waals surface area contributed by atoms with Crippen molar-refractivity contribution in [1.82, 2.24) is 4.57 Å². The lowest BCUT2D eigenvalue weighted by Gasteiger charge is -2.05. The number of hydrogen-bond acceptors (Lipinski definition) is 1. The number of allylic oxidation sites excluding steroid dienone is 1. The molecule has 17 heavy (non-hydrogen) atoms. The standard InChI is InChI=1S/C14H15NO2/c1-10(14(16)17)7-8-15-11(2)9-12-5-3-4-6-13(12)15/h3-7,9H,8H2,1-2H3,(H,16,17). The summed E-state index contributed by atoms with van der Waals surface area (Å²) < 4.78 is 2.11. The van der Waals surface area contributed by atoms with Gasteiger partial charge in [0.2, 0.25) is 0 Å². The van der Waals surface area contributed by atoms with Crippen LogP contribution in [0.15, 0.2) is 42.0 Å². The van der Waals surface area contributed by atoms with Gasteiger partial charge in [-0.1, -0.05) is 24.3 Å². The molecule has 0 saturated carbocycles. The summed E-state index contributed by atoms with van der Waals surface area (Å²) in [5, 5.41) is 10.0. The lowest BCUT2D eigenvalue weighted by atomic mass is 10.2. The maximum Gasteiger partial charge on any atom is 0.331 e. The van der Waals surface area contributed by atoms with E-state index in [0.29, 0.717) is 12.1 Å². The molecular weight excluding hydrogens is 214 g/mol. The third kappa shape index (κ3) is 2.23. The number of carboxylic acid groups (broad SMARTS) is 1. The zero-order valence-corrected chi connectivity index (χ0v) is 9.97. The smallest absolute Gasteiger partial charge is 0.331 e. The minimum atomic E-state index is -0.862. The number of carboxylic acids is 1. The van der Waals surface area contributed by atoms with E-state index in [1.807, 2.05) is 25.1 Å². The Bertz CT molecular complexity index is 593. The van der Waals surface area contributed by atoms with E-state index < -0.39 is 5.97 Å². The van der Waals surface area contributed by atoms with Gasteiger partial charge in [-0.15, -0.1) is 0 Å². The van der Waals surface area contributed by atoms with Crippen molar-refractivity contribution >= 4 is 16.9 Å². The van der Waals surface area contributed by atoms with Crippen molar-refractivity contribution in [3.8, 4) is 0 Å². The molecule has 0 bridgehead atoms. The van der Waals surface area contributed by atoms with Crippen molar-refractivity contribution in [2.24, 2.45) is 0 Å². The summed E-state index contributed by atoms with van der Waals surface area (Å²) in [7, 11) is 0. The molecule has 2 aromatic rings. The van der Waals surface area contributed by atoms with Gasteiger partial charge in [0.1, 0.15) is 0 Å². The summed E-state index contributed by atoms with van der Waals surface area (Å²) >= 11 is 0. The number of aliphatic carboxylic acids is 1. The average molecular weight is 229 g/mol. The van der Waals surface area contributed by atoms with Gasteiger partial charge in [-0.3, -0.25) is 0 Å². The fraction of sp³-hybridized carbons (Fsp3) is 0.214. The first kappa shape index (κ1) is 11.5. The Labute approximate surface area is 100.0 Å². The summed E-state index contributed by atoms with van der Waals surface area (Å²) in [5.74, 6) is -0.862. The summed E-state index contributed by atoms with van der Waals surface area (Å²) in [6, 6.07) is 10.2. The molecule has 1 aromatic carbocycles. The van der Waals surface area contributed by atoms with E-state index in [9.17, 15) is 4.79 Å². The van der Waals surface area contributed by atoms with Gasteiger partial charge >= 0.3 is 5.97 Å². The normalized spacial score (nSPS) is 12.0. The Morgan fingerprint density at radius 2 is 2.12 bits per heavy atom. The highest BCUT2D eigenvalue weighted by molar-refractivity contribution is 5.86. The molecule has 1 N–H and O–H groups in total. The van der Waals surface area contributed by atoms with E-state index in [1.54, 1.807) is 13.0 Å². The third-order valence-electron chi connectivity index (χ3n) is 2.94. The maximum atomic E-state index is 10.7. The molecule has 0 atom stereocenters. The molecule has 2 rings (SSSR count). The number of aryl methyl sites for hydroxylation is 1. The number of benzene rings is 1. The van der Waals surface area contributed by atoms with Gasteiger partial charge in [0.25, 0.3) is 0 Å². The Hall–Kier alpha value is -2.03. The number of aromatic nitrogens is 1. The molecular formula is C14H15NO2. The second-order valence-electron chi connectivity index (χ2n) is 4.15. The first-order valence-electron chi connectivity index (χ1n) is 5.54. The first-order valence-corrected chi connectivity index (χ1v) is 5.54. The molecule has 3 nitrogen and oxygen atoms in total. The average Bonchev–Trinajstić information content (AvgIpc) is 2.61. The van der Waals surface area contributed by atoms with Crippen molar-refractivity contribution < 1.29 is 9.90 Å². The van der Waals surface area contributed by atoms with Gasteiger partial charge in [-0.2, -0.15) is 0 Å². The van der Waals surface area contributed by atoms with E-state index in [4.69, 9.17) is 5.11 Å². The van der Waals surface area contributed by atoms with Crippen LogP contribution in [0.25, 0.3) is 10.9 Å². The monoisotopic (exact) mass is 229 g/mol. The number of rotatable bonds is 3. The maximum absolute atomic E-state index is 10.7. The molecule has 0 spiro atoms. The van der Waals surface area contributed by atoms with E-state index in [0.717, 1.165) is 11.2 Å². The summed E-state index contributed by atoms with van der Waals surface area (Å²) in [6.07, 6.45) is 1.74. The van der Waals surface area contributed by atoms with E-state index in [1.165, 1.54) is 5.39 Å². The fourth-order valence-electron chi connectivity index (χ4n) is 1.91. The van der Waals surface area contributed by atoms with E-state index in [-0.39, 0.29) is 0 Å². The number of nitrogens with zero attached hydrogens (tertiary/aromatic N) is 1. The highest BCUT2D eigenvalue weighted by Gasteiger charge is 2.04. The second-order valence-corrected chi connectivity index (χ2v) is 4.15. The van der Waals surface area contributed by atoms with Crippen molar-refractivity contribution in [1.29, 1.82) is 0 Å². The minimum Gasteiger partial charge on any atom is -0.478 e. The molecule has 0 saturated heterocycles. The number of para-hydroxylation sites is 1. The van der Waals surface area contributed by atoms with Crippen LogP contribution in [0.3, 0.4) is 0 Å². The second kappa shape index (κ2) is 4.45. The molecule has 0 aliphatic carbocycles. The van der Waals surface area contributed by atoms with Gasteiger partial charge in [-0.05, 0) is 31.4 Å². The van der Waals surface area contributed by atoms with Crippen molar-refractivity contribution in [3.05, 3.63) is 47.7 Å². The number of fused-ring (bicyclic) bond motifs is 1. The quantitative estimate of drug-likeness (QED) is 0.822. The van der Waals surface area contributed by atoms with Crippen LogP contribution in [0.1, 0.15) is 12.6 Å². The van der Waals surface area contributed by atoms with Crippen LogP contribution < -0.4 is 0 Å². The van der Waals surface area contributed by atoms with Crippen molar-refractivity contribution in [2.45, 2.75) is 20.4 Å². The van der Waals surface area contributed by atoms with Crippen LogP contribution in [-0.4, -0.2) is 15.6 Å². The zero-order valence-electron chi connectivity index (χ0n) is 9.97. The van der Waals surface area contributed by atoms with Crippen molar-refractivity contribution in [3.63, 3.8) is 0 Å². The molecule has 1 heterocycles. The van der Waals surface area contributed by atoms with Crippen LogP contribution >= 0.6 is 0 Å². The molecule has 0 amide bonds. The zero-order chi connectivity index (χ0) is 12.4. The Morgan fingerprint density at radius 3 is 2.82 bits per heavy atom. The van der Waals surface area contributed by atoms with Gasteiger partial charge in [-0.25, -0.2) is 4.79 Å². The molecule has 3 heteroatoms. The highest BCUT2D eigenvalue weighted by Crippen LogP contribution is 2.19. The van der Waals surface area contributed by atoms with Crippen LogP contribution in [0, 0.1) is 6.92 Å². The first-order chi connectivity index (χ1) is 8.09. The largest absolute Gasteiger partial charge is 0.478 e. The molecule has 88 valence electrons. The number of carbonyl (C=O) groups is 1. The Balaban J connectivity index is 2.39. The lowest BCUT2D eigenvalue weighted by molar-refractivity contribution is -0.132. The van der Waals surface area contributed by atoms with Gasteiger partial charge in [0.15, 0.2) is 0 Å². The number of hydrogen-bond donors (Lipinski definition) is 1. The van der Waals surface area contributed by atoms with Gasteiger partial charge in [0, 0.05) is 23.3 Å². The molecule has 0 fully saturated rings. The van der Waals surface area contributed by atoms with Crippen LogP contribution in [-0.2, 0) is 11.3 Å². The lowest BCUT2D eigenvalue weighted by Crippen LogP contribution is -2.01. The summed E-state index contributed by atoms with van der Waals surface area (Å²) in [6.45, 7) is 4.24. The fourth-order valence-corrected chi connectivity index (χ4v) is 1.91. The van der Waals surface area contributed by atoms with Crippen LogP contribution in [0.2, 0.25) is 0 Å². The summed E-state index contributed by atoms with van der Waals surface area (Å²) in [4.78, 5) is 10.7. The van der Waals surface area contributed by atoms with E-state index >= 15 is 0 Å². The topological polar surface area (TPSA) is 42.2 Å². The van der Waals surface area contributed by atoms with Crippen molar-refractivity contribution in [2.75, 3.05) is 0 Å². The van der Waals surface area contributed by atoms with Gasteiger partial charge < -0.3 is 9.67 Å². The minimum absolute atomic E-state index is 0.377. The molecule has 0 aliphatic heterocycles. The van der Waals surface area contributed by atoms with Crippen LogP contribution in [0.4, 0.5) is 0 Å². The predicted molar refractivity (Wildman–Crippen MR) is 68.1 cm³/mol. The van der Waals surface area contributed by atoms with Gasteiger partial charge in [0.05, 0.1) is 0 Å². The molecule has 1 aromatic heterocycles. The molecule has 0 radical (unpaired) electrons. The van der Waals surface area contributed by atoms with E-state index in [2.05, 4.69) is 16.7 Å². The molecule has 0 aliphatic rings. The third-order valence-corrected chi connectivity index (χ3v) is 2.94. The Kier molecular flexibility index (Phi) is 3.00. The predicted octanol–water partition coefficient (Wildman–Crippen LogP) is 2.98. The highest BCUT2D eigenvalue weighted by atomic mass is 16.4. The Morgan fingerprint density at radius 1 is 1.41 bits per heavy atom. The SMILES string of the molecule is CC(=CCn1c(C)cc2ccccc21)C(=O)O.